The number of benzene rings is 2. The normalized spacial score (nSPS) is 16.8. The number of para-hydroxylation sites is 3. The summed E-state index contributed by atoms with van der Waals surface area (Å²) in [6, 6.07) is 15.9. The number of fused-ring (bicyclic) bond motifs is 2. The number of aliphatic imine (C=N–C) groups is 1. The van der Waals surface area contributed by atoms with Crippen molar-refractivity contribution < 1.29 is 14.3 Å². The van der Waals surface area contributed by atoms with Crippen LogP contribution in [0.3, 0.4) is 0 Å². The third-order valence-electron chi connectivity index (χ3n) is 5.47. The Morgan fingerprint density at radius 3 is 2.41 bits per heavy atom. The first kappa shape index (κ1) is 19.5. The molecule has 0 amide bonds. The number of piperazine rings is 1. The third kappa shape index (κ3) is 3.98. The van der Waals surface area contributed by atoms with Crippen LogP contribution in [0.1, 0.15) is 19.4 Å². The van der Waals surface area contributed by atoms with Crippen molar-refractivity contribution >= 4 is 17.5 Å². The van der Waals surface area contributed by atoms with E-state index < -0.39 is 5.41 Å². The Morgan fingerprint density at radius 1 is 1.03 bits per heavy atom. The number of hydrogen-bond donors (Lipinski definition) is 0. The second kappa shape index (κ2) is 7.87. The monoisotopic (exact) mass is 393 g/mol. The molecule has 0 bridgehead atoms. The maximum absolute atomic E-state index is 12.0. The van der Waals surface area contributed by atoms with Crippen LogP contribution in [0.5, 0.6) is 11.5 Å². The second-order valence-electron chi connectivity index (χ2n) is 8.14. The molecule has 0 radical (unpaired) electrons. The summed E-state index contributed by atoms with van der Waals surface area (Å²) in [6.07, 6.45) is 0. The predicted octanol–water partition coefficient (Wildman–Crippen LogP) is 3.69. The van der Waals surface area contributed by atoms with Crippen molar-refractivity contribution in [3.05, 3.63) is 54.1 Å². The Hall–Kier alpha value is -2.86. The lowest BCUT2D eigenvalue weighted by Gasteiger charge is -2.39. The number of carbonyl (C=O) groups is 1. The van der Waals surface area contributed by atoms with Gasteiger partial charge < -0.3 is 14.4 Å². The van der Waals surface area contributed by atoms with Crippen LogP contribution >= 0.6 is 0 Å². The number of amidine groups is 1. The molecule has 29 heavy (non-hydrogen) atoms. The van der Waals surface area contributed by atoms with E-state index in [1.165, 1.54) is 7.11 Å². The van der Waals surface area contributed by atoms with E-state index in [4.69, 9.17) is 14.5 Å². The SMILES string of the molecule is COC(=O)C(C)(C)CN1CCN(C2=Nc3ccccc3Oc3ccccc32)CC1. The highest BCUT2D eigenvalue weighted by Gasteiger charge is 2.33. The molecule has 152 valence electrons. The summed E-state index contributed by atoms with van der Waals surface area (Å²) in [6.45, 7) is 7.96. The maximum Gasteiger partial charge on any atom is 0.312 e. The average molecular weight is 393 g/mol. The van der Waals surface area contributed by atoms with E-state index in [0.717, 1.165) is 54.8 Å². The molecule has 1 saturated heterocycles. The van der Waals surface area contributed by atoms with Gasteiger partial charge in [-0.2, -0.15) is 0 Å². The summed E-state index contributed by atoms with van der Waals surface area (Å²) in [5, 5.41) is 0. The van der Waals surface area contributed by atoms with Crippen molar-refractivity contribution in [3.8, 4) is 11.5 Å². The van der Waals surface area contributed by atoms with Gasteiger partial charge in [-0.1, -0.05) is 24.3 Å². The zero-order valence-electron chi connectivity index (χ0n) is 17.2. The Kier molecular flexibility index (Phi) is 5.28. The first-order chi connectivity index (χ1) is 14.0. The summed E-state index contributed by atoms with van der Waals surface area (Å²) in [5.41, 5.74) is 1.33. The predicted molar refractivity (Wildman–Crippen MR) is 113 cm³/mol. The number of methoxy groups -OCH3 is 1. The van der Waals surface area contributed by atoms with Gasteiger partial charge in [0.25, 0.3) is 0 Å². The van der Waals surface area contributed by atoms with Crippen molar-refractivity contribution in [1.29, 1.82) is 0 Å². The van der Waals surface area contributed by atoms with E-state index in [2.05, 4.69) is 15.9 Å². The number of ether oxygens (including phenoxy) is 2. The Morgan fingerprint density at radius 2 is 1.69 bits per heavy atom. The molecule has 1 fully saturated rings. The quantitative estimate of drug-likeness (QED) is 0.745. The van der Waals surface area contributed by atoms with Crippen LogP contribution in [0.15, 0.2) is 53.5 Å². The largest absolute Gasteiger partial charge is 0.469 e. The van der Waals surface area contributed by atoms with E-state index >= 15 is 0 Å². The average Bonchev–Trinajstić information content (AvgIpc) is 2.90. The molecule has 0 saturated carbocycles. The molecule has 2 heterocycles. The second-order valence-corrected chi connectivity index (χ2v) is 8.14. The molecule has 0 spiro atoms. The number of hydrogen-bond acceptors (Lipinski definition) is 6. The molecule has 2 aliphatic rings. The Bertz CT molecular complexity index is 930. The molecular weight excluding hydrogens is 366 g/mol. The van der Waals surface area contributed by atoms with Crippen molar-refractivity contribution in [1.82, 2.24) is 9.80 Å². The van der Waals surface area contributed by atoms with Crippen LogP contribution in [0, 0.1) is 5.41 Å². The lowest BCUT2D eigenvalue weighted by molar-refractivity contribution is -0.152. The smallest absolute Gasteiger partial charge is 0.312 e. The van der Waals surface area contributed by atoms with Crippen LogP contribution in [0.4, 0.5) is 5.69 Å². The van der Waals surface area contributed by atoms with E-state index in [9.17, 15) is 4.79 Å². The van der Waals surface area contributed by atoms with Crippen LogP contribution < -0.4 is 4.74 Å². The molecule has 4 rings (SSSR count). The van der Waals surface area contributed by atoms with Gasteiger partial charge in [-0.15, -0.1) is 0 Å². The van der Waals surface area contributed by atoms with Gasteiger partial charge in [0.05, 0.1) is 18.1 Å². The molecule has 6 heteroatoms. The van der Waals surface area contributed by atoms with E-state index in [1.54, 1.807) is 0 Å². The van der Waals surface area contributed by atoms with E-state index in [0.29, 0.717) is 6.54 Å². The summed E-state index contributed by atoms with van der Waals surface area (Å²) >= 11 is 0. The zero-order valence-corrected chi connectivity index (χ0v) is 17.2. The molecule has 2 aromatic rings. The molecule has 0 N–H and O–H groups in total. The molecule has 0 aromatic heterocycles. The molecule has 0 unspecified atom stereocenters. The van der Waals surface area contributed by atoms with Crippen molar-refractivity contribution in [3.63, 3.8) is 0 Å². The Balaban J connectivity index is 1.55. The minimum absolute atomic E-state index is 0.171. The van der Waals surface area contributed by atoms with E-state index in [1.807, 2.05) is 56.3 Å². The van der Waals surface area contributed by atoms with Gasteiger partial charge >= 0.3 is 5.97 Å². The fourth-order valence-corrected chi connectivity index (χ4v) is 3.93. The first-order valence-corrected chi connectivity index (χ1v) is 9.98. The maximum atomic E-state index is 12.0. The fraction of sp³-hybridized carbons (Fsp3) is 0.391. The van der Waals surface area contributed by atoms with Crippen LogP contribution in [0.25, 0.3) is 0 Å². The summed E-state index contributed by atoms with van der Waals surface area (Å²) in [5.74, 6) is 2.37. The van der Waals surface area contributed by atoms with Crippen molar-refractivity contribution in [2.75, 3.05) is 39.8 Å². The lowest BCUT2D eigenvalue weighted by Crippen LogP contribution is -2.52. The molecule has 2 aliphatic heterocycles. The van der Waals surface area contributed by atoms with Crippen molar-refractivity contribution in [2.45, 2.75) is 13.8 Å². The molecule has 6 nitrogen and oxygen atoms in total. The molecule has 2 aromatic carbocycles. The zero-order chi connectivity index (χ0) is 20.4. The topological polar surface area (TPSA) is 54.4 Å². The first-order valence-electron chi connectivity index (χ1n) is 9.98. The minimum atomic E-state index is -0.518. The fourth-order valence-electron chi connectivity index (χ4n) is 3.93. The summed E-state index contributed by atoms with van der Waals surface area (Å²) in [7, 11) is 1.45. The summed E-state index contributed by atoms with van der Waals surface area (Å²) in [4.78, 5) is 21.6. The molecule has 0 aliphatic carbocycles. The number of carbonyl (C=O) groups excluding carboxylic acids is 1. The van der Waals surface area contributed by atoms with Gasteiger partial charge in [-0.25, -0.2) is 4.99 Å². The molecule has 0 atom stereocenters. The van der Waals surface area contributed by atoms with E-state index in [-0.39, 0.29) is 5.97 Å². The highest BCUT2D eigenvalue weighted by molar-refractivity contribution is 6.03. The van der Waals surface area contributed by atoms with Gasteiger partial charge in [-0.05, 0) is 38.1 Å². The highest BCUT2D eigenvalue weighted by Crippen LogP contribution is 2.38. The van der Waals surface area contributed by atoms with Crippen LogP contribution in [-0.2, 0) is 9.53 Å². The van der Waals surface area contributed by atoms with Crippen molar-refractivity contribution in [2.24, 2.45) is 10.4 Å². The molecular formula is C23H27N3O3. The van der Waals surface area contributed by atoms with Gasteiger partial charge in [0.15, 0.2) is 5.75 Å². The lowest BCUT2D eigenvalue weighted by atomic mass is 9.92. The standard InChI is InChI=1S/C23H27N3O3/c1-23(2,22(27)28-3)16-25-12-14-26(15-13-25)21-17-8-4-6-10-19(17)29-20-11-7-5-9-18(20)24-21/h4-11H,12-16H2,1-3H3. The van der Waals surface area contributed by atoms with Crippen LogP contribution in [0.2, 0.25) is 0 Å². The van der Waals surface area contributed by atoms with Gasteiger partial charge in [-0.3, -0.25) is 9.69 Å². The Labute approximate surface area is 171 Å². The van der Waals surface area contributed by atoms with Gasteiger partial charge in [0, 0.05) is 32.7 Å². The number of rotatable bonds is 3. The highest BCUT2D eigenvalue weighted by atomic mass is 16.5. The summed E-state index contributed by atoms with van der Waals surface area (Å²) < 4.78 is 11.1. The van der Waals surface area contributed by atoms with Crippen LogP contribution in [-0.4, -0.2) is 61.4 Å². The minimum Gasteiger partial charge on any atom is -0.469 e. The van der Waals surface area contributed by atoms with Gasteiger partial charge in [0.2, 0.25) is 0 Å². The third-order valence-corrected chi connectivity index (χ3v) is 5.47. The number of esters is 1. The van der Waals surface area contributed by atoms with Gasteiger partial charge in [0.1, 0.15) is 17.3 Å². The number of nitrogens with zero attached hydrogens (tertiary/aromatic N) is 3.